The number of aliphatic hydroxyl groups is 1. The molecule has 0 bridgehead atoms. The molecule has 0 saturated carbocycles. The number of hydrogen-bond donors (Lipinski definition) is 3. The maximum absolute atomic E-state index is 12.1. The van der Waals surface area contributed by atoms with Crippen molar-refractivity contribution < 1.29 is 19.4 Å². The van der Waals surface area contributed by atoms with Crippen molar-refractivity contribution in [1.82, 2.24) is 5.32 Å². The number of aliphatic hydroxyl groups excluding tert-OH is 1. The standard InChI is InChI=1S/C20H22N2O4/c21-19(24)10-9-13(11-23)22-20(25)26-12-18-16-7-3-1-5-14(16)15-6-2-4-8-17(15)18/h1-8,13,18,23H,9-12H2,(H2,21,24)(H,22,25)/t13-/m0/s1. The van der Waals surface area contributed by atoms with Crippen LogP contribution in [0.2, 0.25) is 0 Å². The summed E-state index contributed by atoms with van der Waals surface area (Å²) in [6, 6.07) is 15.6. The molecule has 0 unspecified atom stereocenters. The number of nitrogens with two attached hydrogens (primary N) is 1. The molecule has 4 N–H and O–H groups in total. The zero-order valence-corrected chi connectivity index (χ0v) is 14.4. The zero-order valence-electron chi connectivity index (χ0n) is 14.4. The Labute approximate surface area is 152 Å². The Kier molecular flexibility index (Phi) is 5.53. The third-order valence-corrected chi connectivity index (χ3v) is 4.63. The Bertz CT molecular complexity index is 760. The SMILES string of the molecule is NC(=O)CC[C@@H](CO)NC(=O)OCC1c2ccccc2-c2ccccc21. The number of carbonyl (C=O) groups excluding carboxylic acids is 2. The van der Waals surface area contributed by atoms with Gasteiger partial charge in [0, 0.05) is 12.3 Å². The second-order valence-electron chi connectivity index (χ2n) is 6.35. The van der Waals surface area contributed by atoms with Crippen LogP contribution in [-0.2, 0) is 9.53 Å². The second kappa shape index (κ2) is 8.01. The molecule has 0 aromatic heterocycles. The first-order chi connectivity index (χ1) is 12.6. The Balaban J connectivity index is 1.64. The maximum Gasteiger partial charge on any atom is 0.407 e. The van der Waals surface area contributed by atoms with Crippen LogP contribution in [0.25, 0.3) is 11.1 Å². The smallest absolute Gasteiger partial charge is 0.407 e. The Morgan fingerprint density at radius 3 is 2.19 bits per heavy atom. The third-order valence-electron chi connectivity index (χ3n) is 4.63. The van der Waals surface area contributed by atoms with Gasteiger partial charge >= 0.3 is 6.09 Å². The van der Waals surface area contributed by atoms with E-state index in [-0.39, 0.29) is 32.0 Å². The Morgan fingerprint density at radius 1 is 1.08 bits per heavy atom. The highest BCUT2D eigenvalue weighted by Crippen LogP contribution is 2.44. The minimum atomic E-state index is -0.615. The largest absolute Gasteiger partial charge is 0.449 e. The molecule has 26 heavy (non-hydrogen) atoms. The molecule has 0 spiro atoms. The van der Waals surface area contributed by atoms with E-state index in [1.807, 2.05) is 36.4 Å². The molecule has 2 aromatic rings. The van der Waals surface area contributed by atoms with Crippen LogP contribution < -0.4 is 11.1 Å². The van der Waals surface area contributed by atoms with Crippen LogP contribution in [0.3, 0.4) is 0 Å². The number of rotatable bonds is 7. The molecule has 3 rings (SSSR count). The Hall–Kier alpha value is -2.86. The topological polar surface area (TPSA) is 102 Å². The van der Waals surface area contributed by atoms with E-state index >= 15 is 0 Å². The van der Waals surface area contributed by atoms with Crippen molar-refractivity contribution in [3.05, 3.63) is 59.7 Å². The van der Waals surface area contributed by atoms with E-state index in [0.29, 0.717) is 0 Å². The van der Waals surface area contributed by atoms with Gasteiger partial charge in [-0.05, 0) is 28.7 Å². The van der Waals surface area contributed by atoms with E-state index in [1.54, 1.807) is 0 Å². The van der Waals surface area contributed by atoms with Crippen molar-refractivity contribution in [3.63, 3.8) is 0 Å². The molecule has 0 heterocycles. The maximum atomic E-state index is 12.1. The lowest BCUT2D eigenvalue weighted by molar-refractivity contribution is -0.118. The summed E-state index contributed by atoms with van der Waals surface area (Å²) >= 11 is 0. The molecule has 1 aliphatic carbocycles. The van der Waals surface area contributed by atoms with E-state index in [2.05, 4.69) is 17.4 Å². The molecule has 6 heteroatoms. The minimum Gasteiger partial charge on any atom is -0.449 e. The zero-order chi connectivity index (χ0) is 18.5. The van der Waals surface area contributed by atoms with Crippen molar-refractivity contribution in [2.45, 2.75) is 24.8 Å². The number of fused-ring (bicyclic) bond motifs is 3. The lowest BCUT2D eigenvalue weighted by Crippen LogP contribution is -2.39. The molecule has 6 nitrogen and oxygen atoms in total. The van der Waals surface area contributed by atoms with Gasteiger partial charge < -0.3 is 20.9 Å². The van der Waals surface area contributed by atoms with Crippen molar-refractivity contribution in [1.29, 1.82) is 0 Å². The number of benzene rings is 2. The van der Waals surface area contributed by atoms with Gasteiger partial charge in [0.1, 0.15) is 6.61 Å². The average Bonchev–Trinajstić information content (AvgIpc) is 2.97. The van der Waals surface area contributed by atoms with E-state index in [4.69, 9.17) is 10.5 Å². The lowest BCUT2D eigenvalue weighted by Gasteiger charge is -2.18. The summed E-state index contributed by atoms with van der Waals surface area (Å²) in [4.78, 5) is 22.9. The van der Waals surface area contributed by atoms with Crippen molar-refractivity contribution in [2.24, 2.45) is 5.73 Å². The summed E-state index contributed by atoms with van der Waals surface area (Å²) in [5, 5.41) is 11.9. The quantitative estimate of drug-likeness (QED) is 0.709. The highest BCUT2D eigenvalue weighted by atomic mass is 16.5. The van der Waals surface area contributed by atoms with Gasteiger partial charge in [-0.25, -0.2) is 4.79 Å². The van der Waals surface area contributed by atoms with E-state index < -0.39 is 18.0 Å². The number of ether oxygens (including phenoxy) is 1. The normalized spacial score (nSPS) is 13.6. The van der Waals surface area contributed by atoms with E-state index in [1.165, 1.54) is 0 Å². The molecular weight excluding hydrogens is 332 g/mol. The van der Waals surface area contributed by atoms with Gasteiger partial charge in [-0.3, -0.25) is 4.79 Å². The number of amides is 2. The molecular formula is C20H22N2O4. The van der Waals surface area contributed by atoms with Crippen LogP contribution in [0.4, 0.5) is 4.79 Å². The molecule has 1 aliphatic rings. The molecule has 0 radical (unpaired) electrons. The second-order valence-corrected chi connectivity index (χ2v) is 6.35. The van der Waals surface area contributed by atoms with Gasteiger partial charge in [-0.1, -0.05) is 48.5 Å². The molecule has 136 valence electrons. The van der Waals surface area contributed by atoms with Crippen LogP contribution in [0, 0.1) is 0 Å². The predicted octanol–water partition coefficient (Wildman–Crippen LogP) is 2.15. The molecule has 0 fully saturated rings. The Morgan fingerprint density at radius 2 is 1.65 bits per heavy atom. The van der Waals surface area contributed by atoms with E-state index in [9.17, 15) is 14.7 Å². The number of hydrogen-bond acceptors (Lipinski definition) is 4. The summed E-state index contributed by atoms with van der Waals surface area (Å²) in [6.45, 7) is -0.0781. The predicted molar refractivity (Wildman–Crippen MR) is 97.5 cm³/mol. The fourth-order valence-corrected chi connectivity index (χ4v) is 3.33. The molecule has 2 amide bonds. The third kappa shape index (κ3) is 3.86. The van der Waals surface area contributed by atoms with Gasteiger partial charge in [-0.2, -0.15) is 0 Å². The first-order valence-corrected chi connectivity index (χ1v) is 8.60. The molecule has 2 aromatic carbocycles. The lowest BCUT2D eigenvalue weighted by atomic mass is 9.98. The summed E-state index contributed by atoms with van der Waals surface area (Å²) in [6.07, 6.45) is -0.249. The fourth-order valence-electron chi connectivity index (χ4n) is 3.33. The first kappa shape index (κ1) is 17.9. The average molecular weight is 354 g/mol. The number of nitrogens with one attached hydrogen (secondary N) is 1. The van der Waals surface area contributed by atoms with E-state index in [0.717, 1.165) is 22.3 Å². The van der Waals surface area contributed by atoms with Gasteiger partial charge in [0.05, 0.1) is 12.6 Å². The summed E-state index contributed by atoms with van der Waals surface area (Å²) < 4.78 is 5.40. The number of primary amides is 1. The fraction of sp³-hybridized carbons (Fsp3) is 0.300. The molecule has 0 aliphatic heterocycles. The summed E-state index contributed by atoms with van der Waals surface area (Å²) in [5.74, 6) is -0.496. The molecule has 1 atom stereocenters. The first-order valence-electron chi connectivity index (χ1n) is 8.60. The summed E-state index contributed by atoms with van der Waals surface area (Å²) in [5.41, 5.74) is 9.68. The number of alkyl carbamates (subject to hydrolysis) is 1. The van der Waals surface area contributed by atoms with Gasteiger partial charge in [0.25, 0.3) is 0 Å². The van der Waals surface area contributed by atoms with Crippen LogP contribution in [0.15, 0.2) is 48.5 Å². The van der Waals surface area contributed by atoms with Crippen molar-refractivity contribution in [3.8, 4) is 11.1 Å². The minimum absolute atomic E-state index is 0.0219. The number of carbonyl (C=O) groups is 2. The van der Waals surface area contributed by atoms with Crippen LogP contribution in [0.5, 0.6) is 0 Å². The summed E-state index contributed by atoms with van der Waals surface area (Å²) in [7, 11) is 0. The van der Waals surface area contributed by atoms with Crippen LogP contribution in [-0.4, -0.2) is 36.4 Å². The van der Waals surface area contributed by atoms with Crippen molar-refractivity contribution in [2.75, 3.05) is 13.2 Å². The monoisotopic (exact) mass is 354 g/mol. The van der Waals surface area contributed by atoms with Gasteiger partial charge in [-0.15, -0.1) is 0 Å². The highest BCUT2D eigenvalue weighted by molar-refractivity contribution is 5.79. The molecule has 0 saturated heterocycles. The van der Waals surface area contributed by atoms with Gasteiger partial charge in [0.2, 0.25) is 5.91 Å². The highest BCUT2D eigenvalue weighted by Gasteiger charge is 2.29. The van der Waals surface area contributed by atoms with Crippen LogP contribution >= 0.6 is 0 Å². The van der Waals surface area contributed by atoms with Crippen LogP contribution in [0.1, 0.15) is 29.9 Å². The van der Waals surface area contributed by atoms with Crippen molar-refractivity contribution >= 4 is 12.0 Å². The van der Waals surface area contributed by atoms with Gasteiger partial charge in [0.15, 0.2) is 0 Å².